The van der Waals surface area contributed by atoms with Crippen LogP contribution in [0.25, 0.3) is 0 Å². The first-order valence-electron chi connectivity index (χ1n) is 6.26. The first-order chi connectivity index (χ1) is 7.37. The van der Waals surface area contributed by atoms with Gasteiger partial charge in [0.1, 0.15) is 0 Å². The highest BCUT2D eigenvalue weighted by atomic mass is 16.7. The Morgan fingerprint density at radius 3 is 2.12 bits per heavy atom. The maximum atomic E-state index is 6.08. The van der Waals surface area contributed by atoms with Crippen LogP contribution in [0.15, 0.2) is 0 Å². The van der Waals surface area contributed by atoms with Gasteiger partial charge >= 0.3 is 7.12 Å². The van der Waals surface area contributed by atoms with Crippen LogP contribution in [0, 0.1) is 0 Å². The molecular formula is C12H23BO3. The predicted molar refractivity (Wildman–Crippen MR) is 64.5 cm³/mol. The molecule has 3 nitrogen and oxygen atoms in total. The van der Waals surface area contributed by atoms with E-state index < -0.39 is 0 Å². The summed E-state index contributed by atoms with van der Waals surface area (Å²) in [5.41, 5.74) is -0.447. The topological polar surface area (TPSA) is 27.7 Å². The van der Waals surface area contributed by atoms with Gasteiger partial charge in [-0.3, -0.25) is 0 Å². The first-order valence-corrected chi connectivity index (χ1v) is 6.26. The second-order valence-corrected chi connectivity index (χ2v) is 5.99. The minimum Gasteiger partial charge on any atom is -0.403 e. The van der Waals surface area contributed by atoms with Gasteiger partial charge in [0.2, 0.25) is 0 Å². The molecule has 0 bridgehead atoms. The highest BCUT2D eigenvalue weighted by Gasteiger charge is 2.55. The normalized spacial score (nSPS) is 36.9. The zero-order valence-corrected chi connectivity index (χ0v) is 11.1. The molecule has 2 unspecified atom stereocenters. The average Bonchev–Trinajstić information content (AvgIpc) is 2.69. The summed E-state index contributed by atoms with van der Waals surface area (Å²) < 4.78 is 17.7. The van der Waals surface area contributed by atoms with E-state index in [1.807, 2.05) is 0 Å². The Labute approximate surface area is 99.0 Å². The zero-order chi connectivity index (χ0) is 12.0. The monoisotopic (exact) mass is 226 g/mol. The van der Waals surface area contributed by atoms with Gasteiger partial charge < -0.3 is 14.0 Å². The van der Waals surface area contributed by atoms with Crippen molar-refractivity contribution in [3.05, 3.63) is 0 Å². The second kappa shape index (κ2) is 4.00. The van der Waals surface area contributed by atoms with Gasteiger partial charge in [-0.2, -0.15) is 0 Å². The number of hydrogen-bond acceptors (Lipinski definition) is 3. The fourth-order valence-corrected chi connectivity index (χ4v) is 2.62. The van der Waals surface area contributed by atoms with E-state index in [0.717, 1.165) is 12.8 Å². The molecule has 0 N–H and O–H groups in total. The van der Waals surface area contributed by atoms with Crippen LogP contribution in [-0.2, 0) is 14.0 Å². The van der Waals surface area contributed by atoms with Gasteiger partial charge in [-0.25, -0.2) is 0 Å². The van der Waals surface area contributed by atoms with Crippen LogP contribution in [0.4, 0.5) is 0 Å². The fraction of sp³-hybridized carbons (Fsp3) is 1.00. The molecule has 0 radical (unpaired) electrons. The average molecular weight is 226 g/mol. The highest BCUT2D eigenvalue weighted by Crippen LogP contribution is 2.45. The minimum absolute atomic E-state index is 0.0996. The van der Waals surface area contributed by atoms with E-state index in [1.165, 1.54) is 6.42 Å². The first kappa shape index (κ1) is 12.4. The van der Waals surface area contributed by atoms with Crippen molar-refractivity contribution in [2.75, 3.05) is 7.11 Å². The Morgan fingerprint density at radius 2 is 1.62 bits per heavy atom. The summed E-state index contributed by atoms with van der Waals surface area (Å²) in [5, 5.41) is 0. The summed E-state index contributed by atoms with van der Waals surface area (Å²) in [6.07, 6.45) is 3.79. The quantitative estimate of drug-likeness (QED) is 0.677. The van der Waals surface area contributed by atoms with Crippen LogP contribution in [-0.4, -0.2) is 31.5 Å². The van der Waals surface area contributed by atoms with Gasteiger partial charge in [0.05, 0.1) is 17.3 Å². The van der Waals surface area contributed by atoms with Crippen molar-refractivity contribution < 1.29 is 14.0 Å². The third kappa shape index (κ3) is 1.91. The number of hydrogen-bond donors (Lipinski definition) is 0. The lowest BCUT2D eigenvalue weighted by Gasteiger charge is -2.32. The molecule has 1 aliphatic heterocycles. The summed E-state index contributed by atoms with van der Waals surface area (Å²) in [6.45, 7) is 8.40. The Hall–Kier alpha value is -0.0551. The lowest BCUT2D eigenvalue weighted by atomic mass is 9.69. The van der Waals surface area contributed by atoms with Gasteiger partial charge in [0, 0.05) is 12.9 Å². The van der Waals surface area contributed by atoms with Gasteiger partial charge in [0.25, 0.3) is 0 Å². The Balaban J connectivity index is 2.08. The van der Waals surface area contributed by atoms with Crippen LogP contribution in [0.5, 0.6) is 0 Å². The Kier molecular flexibility index (Phi) is 3.10. The van der Waals surface area contributed by atoms with Crippen LogP contribution in [0.2, 0.25) is 5.82 Å². The van der Waals surface area contributed by atoms with Crippen molar-refractivity contribution in [2.24, 2.45) is 0 Å². The molecule has 92 valence electrons. The molecule has 0 aromatic rings. The summed E-state index contributed by atoms with van der Waals surface area (Å²) in [4.78, 5) is 0. The van der Waals surface area contributed by atoms with E-state index in [9.17, 15) is 0 Å². The number of ether oxygens (including phenoxy) is 1. The minimum atomic E-state index is -0.224. The molecule has 1 saturated heterocycles. The maximum Gasteiger partial charge on any atom is 0.463 e. The fourth-order valence-electron chi connectivity index (χ4n) is 2.62. The lowest BCUT2D eigenvalue weighted by Crippen LogP contribution is -2.41. The van der Waals surface area contributed by atoms with E-state index in [2.05, 4.69) is 27.7 Å². The van der Waals surface area contributed by atoms with Crippen molar-refractivity contribution in [2.45, 2.75) is 70.1 Å². The van der Waals surface area contributed by atoms with Crippen molar-refractivity contribution in [1.29, 1.82) is 0 Å². The summed E-state index contributed by atoms with van der Waals surface area (Å²) >= 11 is 0. The Morgan fingerprint density at radius 1 is 1.06 bits per heavy atom. The predicted octanol–water partition coefficient (Wildman–Crippen LogP) is 2.65. The van der Waals surface area contributed by atoms with Crippen molar-refractivity contribution in [1.82, 2.24) is 0 Å². The van der Waals surface area contributed by atoms with E-state index in [-0.39, 0.29) is 18.3 Å². The molecular weight excluding hydrogens is 203 g/mol. The van der Waals surface area contributed by atoms with Gasteiger partial charge in [-0.05, 0) is 40.5 Å². The molecule has 0 amide bonds. The van der Waals surface area contributed by atoms with Crippen LogP contribution in [0.3, 0.4) is 0 Å². The van der Waals surface area contributed by atoms with E-state index in [0.29, 0.717) is 11.9 Å². The molecule has 1 saturated carbocycles. The molecule has 2 rings (SSSR count). The molecule has 1 heterocycles. The third-order valence-corrected chi connectivity index (χ3v) is 4.43. The summed E-state index contributed by atoms with van der Waals surface area (Å²) in [7, 11) is 1.69. The molecule has 4 heteroatoms. The molecule has 1 aliphatic carbocycles. The largest absolute Gasteiger partial charge is 0.463 e. The summed E-state index contributed by atoms with van der Waals surface area (Å²) in [6, 6.07) is 0. The molecule has 0 aromatic heterocycles. The van der Waals surface area contributed by atoms with Gasteiger partial charge in [-0.1, -0.05) is 6.42 Å². The van der Waals surface area contributed by atoms with Crippen LogP contribution in [0.1, 0.15) is 47.0 Å². The highest BCUT2D eigenvalue weighted by molar-refractivity contribution is 6.47. The maximum absolute atomic E-state index is 6.08. The number of methoxy groups -OCH3 is 1. The third-order valence-electron chi connectivity index (χ3n) is 4.43. The molecule has 0 aromatic carbocycles. The lowest BCUT2D eigenvalue weighted by molar-refractivity contribution is 0.00578. The Bertz CT molecular complexity index is 249. The van der Waals surface area contributed by atoms with Crippen molar-refractivity contribution in [3.63, 3.8) is 0 Å². The molecule has 2 atom stereocenters. The second-order valence-electron chi connectivity index (χ2n) is 5.99. The van der Waals surface area contributed by atoms with Gasteiger partial charge in [-0.15, -0.1) is 0 Å². The molecule has 16 heavy (non-hydrogen) atoms. The zero-order valence-electron chi connectivity index (χ0n) is 11.1. The smallest absolute Gasteiger partial charge is 0.403 e. The SMILES string of the molecule is COC1CCCC1B1OC(C)(C)C(C)(C)O1. The standard InChI is InChI=1S/C12H23BO3/c1-11(2)12(3,4)16-13(15-11)9-7-6-8-10(9)14-5/h9-10H,6-8H2,1-5H3. The summed E-state index contributed by atoms with van der Waals surface area (Å²) in [5.74, 6) is 0.394. The molecule has 2 aliphatic rings. The van der Waals surface area contributed by atoms with Crippen molar-refractivity contribution >= 4 is 7.12 Å². The van der Waals surface area contributed by atoms with Crippen LogP contribution >= 0.6 is 0 Å². The van der Waals surface area contributed by atoms with E-state index in [1.54, 1.807) is 7.11 Å². The van der Waals surface area contributed by atoms with Crippen LogP contribution < -0.4 is 0 Å². The van der Waals surface area contributed by atoms with E-state index in [4.69, 9.17) is 14.0 Å². The van der Waals surface area contributed by atoms with Crippen molar-refractivity contribution in [3.8, 4) is 0 Å². The van der Waals surface area contributed by atoms with Gasteiger partial charge in [0.15, 0.2) is 0 Å². The number of rotatable bonds is 2. The molecule has 2 fully saturated rings. The molecule has 0 spiro atoms. The van der Waals surface area contributed by atoms with E-state index >= 15 is 0 Å².